The molecule has 6 rings (SSSR count). The van der Waals surface area contributed by atoms with Gasteiger partial charge in [0.25, 0.3) is 0 Å². The van der Waals surface area contributed by atoms with E-state index in [0.29, 0.717) is 57.4 Å². The number of aryl methyl sites for hydroxylation is 4. The average Bonchev–Trinajstić information content (AvgIpc) is 3.33. The molecule has 0 bridgehead atoms. The maximum atomic E-state index is 12.8. The van der Waals surface area contributed by atoms with Gasteiger partial charge in [0.05, 0.1) is 10.8 Å². The highest BCUT2D eigenvalue weighted by molar-refractivity contribution is 5.83. The Kier molecular flexibility index (Phi) is 21.8. The second kappa shape index (κ2) is 27.9. The number of aromatic hydroxyl groups is 4. The van der Waals surface area contributed by atoms with Gasteiger partial charge >= 0.3 is 0 Å². The molecule has 0 radical (unpaired) electrons. The van der Waals surface area contributed by atoms with Crippen LogP contribution in [0.4, 0.5) is 0 Å². The Morgan fingerprint density at radius 1 is 0.388 bits per heavy atom. The summed E-state index contributed by atoms with van der Waals surface area (Å²) in [6.07, 6.45) is 26.9. The molecule has 0 atom stereocenters. The van der Waals surface area contributed by atoms with Crippen molar-refractivity contribution in [2.45, 2.75) is 162 Å². The Bertz CT molecular complexity index is 2570. The molecule has 0 aliphatic heterocycles. The van der Waals surface area contributed by atoms with Gasteiger partial charge in [0, 0.05) is 24.3 Å². The number of phenols is 2. The first kappa shape index (κ1) is 52.4. The lowest BCUT2D eigenvalue weighted by atomic mass is 10.0. The molecule has 4 aromatic carbocycles. The molecule has 0 aliphatic carbocycles. The minimum absolute atomic E-state index is 0.122. The van der Waals surface area contributed by atoms with Gasteiger partial charge in [-0.2, -0.15) is 0 Å². The van der Waals surface area contributed by atoms with Crippen LogP contribution < -0.4 is 10.9 Å². The highest BCUT2D eigenvalue weighted by Gasteiger charge is 2.18. The third-order valence-corrected chi connectivity index (χ3v) is 12.8. The quantitative estimate of drug-likeness (QED) is 0.0272. The Morgan fingerprint density at radius 2 is 0.701 bits per heavy atom. The largest absolute Gasteiger partial charge is 0.508 e. The molecular weight excluding hydrogens is 845 g/mol. The van der Waals surface area contributed by atoms with Crippen molar-refractivity contribution in [3.8, 4) is 45.6 Å². The van der Waals surface area contributed by atoms with Gasteiger partial charge in [0.1, 0.15) is 22.7 Å². The molecular formula is C57H74O10. The van der Waals surface area contributed by atoms with Crippen LogP contribution in [0.2, 0.25) is 0 Å². The van der Waals surface area contributed by atoms with E-state index in [4.69, 9.17) is 19.0 Å². The zero-order valence-corrected chi connectivity index (χ0v) is 39.9. The van der Waals surface area contributed by atoms with Crippen LogP contribution in [0.3, 0.4) is 0 Å². The van der Waals surface area contributed by atoms with Crippen LogP contribution in [0.5, 0.6) is 23.0 Å². The molecule has 67 heavy (non-hydrogen) atoms. The summed E-state index contributed by atoms with van der Waals surface area (Å²) in [6, 6.07) is 20.9. The number of unbranched alkanes of at least 4 members (excludes halogenated alkanes) is 19. The van der Waals surface area contributed by atoms with E-state index in [1.165, 1.54) is 108 Å². The van der Waals surface area contributed by atoms with Crippen LogP contribution in [0.1, 0.15) is 157 Å². The Balaban J connectivity index is 0.000000251. The van der Waals surface area contributed by atoms with Crippen molar-refractivity contribution in [3.05, 3.63) is 115 Å². The van der Waals surface area contributed by atoms with Crippen molar-refractivity contribution < 1.29 is 39.5 Å². The number of benzene rings is 4. The summed E-state index contributed by atoms with van der Waals surface area (Å²) < 4.78 is 11.8. The number of aliphatic hydroxyl groups excluding tert-OH is 2. The number of aliphatic hydroxyl groups is 2. The number of hydrogen-bond donors (Lipinski definition) is 6. The molecule has 0 unspecified atom stereocenters. The summed E-state index contributed by atoms with van der Waals surface area (Å²) in [7, 11) is 0. The van der Waals surface area contributed by atoms with Crippen LogP contribution in [0.15, 0.2) is 91.2 Å². The van der Waals surface area contributed by atoms with E-state index < -0.39 is 22.4 Å². The number of fused-ring (bicyclic) bond motifs is 2. The molecule has 10 heteroatoms. The van der Waals surface area contributed by atoms with E-state index >= 15 is 0 Å². The monoisotopic (exact) mass is 919 g/mol. The predicted molar refractivity (Wildman–Crippen MR) is 271 cm³/mol. The van der Waals surface area contributed by atoms with Crippen LogP contribution in [0.25, 0.3) is 44.6 Å². The van der Waals surface area contributed by atoms with Crippen molar-refractivity contribution in [1.29, 1.82) is 0 Å². The van der Waals surface area contributed by atoms with Gasteiger partial charge in [-0.3, -0.25) is 9.59 Å². The second-order valence-electron chi connectivity index (χ2n) is 18.3. The standard InChI is InChI=1S/C29H38O5.C28H36O5/c1-21-19-23(15-16-25(21)31)29-28(33)27(32)24-20-22(14-17-26(24)34-29)13-11-9-7-5-3-2-4-6-8-10-12-18-30;1-20-18-22(14-15-24(20)30)28-27(32)26(31)23-19-21(13-16-25(23)33-28)12-10-8-6-4-2-3-5-7-9-11-17-29/h14-17,19-20,30-31,33H,2-13,18H2,1H3;13-16,18-19,29-30,32H,2-12,17H2,1H3. The van der Waals surface area contributed by atoms with Crippen molar-refractivity contribution in [1.82, 2.24) is 0 Å². The average molecular weight is 919 g/mol. The molecule has 6 N–H and O–H groups in total. The normalized spacial score (nSPS) is 11.3. The summed E-state index contributed by atoms with van der Waals surface area (Å²) in [4.78, 5) is 25.6. The van der Waals surface area contributed by atoms with Crippen molar-refractivity contribution in [3.63, 3.8) is 0 Å². The van der Waals surface area contributed by atoms with Gasteiger partial charge in [-0.05, 0) is 135 Å². The fourth-order valence-electron chi connectivity index (χ4n) is 8.65. The smallest absolute Gasteiger partial charge is 0.235 e. The van der Waals surface area contributed by atoms with Gasteiger partial charge in [-0.25, -0.2) is 0 Å². The molecule has 362 valence electrons. The van der Waals surface area contributed by atoms with Gasteiger partial charge < -0.3 is 39.5 Å². The van der Waals surface area contributed by atoms with Crippen LogP contribution in [-0.4, -0.2) is 43.9 Å². The lowest BCUT2D eigenvalue weighted by Gasteiger charge is -2.09. The molecule has 2 aromatic heterocycles. The lowest BCUT2D eigenvalue weighted by molar-refractivity contribution is 0.282. The minimum Gasteiger partial charge on any atom is -0.508 e. The summed E-state index contributed by atoms with van der Waals surface area (Å²) in [6.45, 7) is 4.13. The van der Waals surface area contributed by atoms with E-state index in [1.54, 1.807) is 44.2 Å². The molecule has 2 heterocycles. The molecule has 6 aromatic rings. The fraction of sp³-hybridized carbons (Fsp3) is 0.474. The van der Waals surface area contributed by atoms with Crippen molar-refractivity contribution in [2.75, 3.05) is 13.2 Å². The second-order valence-corrected chi connectivity index (χ2v) is 18.3. The first-order valence-corrected chi connectivity index (χ1v) is 24.9. The van der Waals surface area contributed by atoms with Crippen LogP contribution >= 0.6 is 0 Å². The maximum Gasteiger partial charge on any atom is 0.235 e. The van der Waals surface area contributed by atoms with Gasteiger partial charge in [-0.15, -0.1) is 0 Å². The van der Waals surface area contributed by atoms with Gasteiger partial charge in [0.2, 0.25) is 22.4 Å². The highest BCUT2D eigenvalue weighted by Crippen LogP contribution is 2.34. The summed E-state index contributed by atoms with van der Waals surface area (Å²) >= 11 is 0. The van der Waals surface area contributed by atoms with Crippen molar-refractivity contribution >= 4 is 21.9 Å². The Labute approximate surface area is 396 Å². The van der Waals surface area contributed by atoms with Gasteiger partial charge in [-0.1, -0.05) is 121 Å². The summed E-state index contributed by atoms with van der Waals surface area (Å²) in [5.41, 5.74) is 4.57. The zero-order chi connectivity index (χ0) is 48.0. The number of hydrogen-bond acceptors (Lipinski definition) is 10. The van der Waals surface area contributed by atoms with E-state index in [1.807, 2.05) is 30.3 Å². The Hall–Kier alpha value is -5.58. The summed E-state index contributed by atoms with van der Waals surface area (Å²) in [5.74, 6) is -0.249. The fourth-order valence-corrected chi connectivity index (χ4v) is 8.65. The van der Waals surface area contributed by atoms with E-state index in [-0.39, 0.29) is 23.0 Å². The maximum absolute atomic E-state index is 12.8. The predicted octanol–water partition coefficient (Wildman–Crippen LogP) is 13.6. The third-order valence-electron chi connectivity index (χ3n) is 12.8. The minimum atomic E-state index is -0.433. The third kappa shape index (κ3) is 16.0. The van der Waals surface area contributed by atoms with E-state index in [9.17, 15) is 30.0 Å². The highest BCUT2D eigenvalue weighted by atomic mass is 16.4. The molecule has 0 amide bonds. The van der Waals surface area contributed by atoms with Crippen LogP contribution in [-0.2, 0) is 12.8 Å². The van der Waals surface area contributed by atoms with E-state index in [2.05, 4.69) is 0 Å². The molecule has 0 spiro atoms. The molecule has 0 fully saturated rings. The topological polar surface area (TPSA) is 182 Å². The SMILES string of the molecule is Cc1cc(-c2oc3ccc(CCCCCCCCCCCCCO)cc3c(=O)c2O)ccc1O.Cc1cc(-c2oc3ccc(CCCCCCCCCCCCO)cc3c(=O)c2O)ccc1O. The molecule has 0 saturated heterocycles. The Morgan fingerprint density at radius 3 is 1.01 bits per heavy atom. The molecule has 0 saturated carbocycles. The molecule has 10 nitrogen and oxygen atoms in total. The molecule has 0 aliphatic rings. The first-order valence-electron chi connectivity index (χ1n) is 24.9. The van der Waals surface area contributed by atoms with Gasteiger partial charge in [0.15, 0.2) is 11.5 Å². The summed E-state index contributed by atoms with van der Waals surface area (Å²) in [5, 5.41) is 58.8. The van der Waals surface area contributed by atoms with Crippen molar-refractivity contribution in [2.24, 2.45) is 0 Å². The zero-order valence-electron chi connectivity index (χ0n) is 39.9. The lowest BCUT2D eigenvalue weighted by Crippen LogP contribution is -2.03. The van der Waals surface area contributed by atoms with E-state index in [0.717, 1.165) is 62.5 Å². The van der Waals surface area contributed by atoms with Crippen LogP contribution in [0, 0.1) is 13.8 Å². The number of rotatable bonds is 27. The number of phenolic OH excluding ortho intramolecular Hbond substituents is 2. The first-order chi connectivity index (χ1) is 32.5.